The molecule has 3 heterocycles. The summed E-state index contributed by atoms with van der Waals surface area (Å²) in [7, 11) is 0. The Labute approximate surface area is 160 Å². The number of hydrogen-bond donors (Lipinski definition) is 0. The molecule has 6 heteroatoms. The van der Waals surface area contributed by atoms with E-state index in [1.807, 2.05) is 0 Å². The maximum atomic E-state index is 12.3. The molecule has 4 rings (SSSR count). The number of aromatic nitrogens is 4. The largest absolute Gasteiger partial charge is 0.355 e. The van der Waals surface area contributed by atoms with Crippen LogP contribution in [0.3, 0.4) is 0 Å². The van der Waals surface area contributed by atoms with Crippen LogP contribution in [-0.2, 0) is 12.0 Å². The Morgan fingerprint density at radius 3 is 2.37 bits per heavy atom. The summed E-state index contributed by atoms with van der Waals surface area (Å²) in [5.41, 5.74) is 2.11. The standard InChI is InChI=1S/C21H29N5O/c1-21(2,3)18-6-7-19(24-23-18)25-10-8-15(9-11-25)13-26-14-22-17(12-20(26)27)16-4-5-16/h6-7,12,14-16H,4-5,8-11,13H2,1-3H3. The summed E-state index contributed by atoms with van der Waals surface area (Å²) in [6.07, 6.45) is 6.21. The van der Waals surface area contributed by atoms with Crippen molar-refractivity contribution in [3.05, 3.63) is 46.3 Å². The average Bonchev–Trinajstić information content (AvgIpc) is 3.49. The third-order valence-corrected chi connectivity index (χ3v) is 5.71. The lowest BCUT2D eigenvalue weighted by Crippen LogP contribution is -2.37. The second kappa shape index (κ2) is 7.06. The molecule has 0 bridgehead atoms. The monoisotopic (exact) mass is 367 g/mol. The number of anilines is 1. The van der Waals surface area contributed by atoms with Crippen molar-refractivity contribution in [3.63, 3.8) is 0 Å². The summed E-state index contributed by atoms with van der Waals surface area (Å²) >= 11 is 0. The van der Waals surface area contributed by atoms with Crippen molar-refractivity contribution in [2.24, 2.45) is 5.92 Å². The second-order valence-corrected chi connectivity index (χ2v) is 9.04. The van der Waals surface area contributed by atoms with Crippen molar-refractivity contribution in [1.29, 1.82) is 0 Å². The maximum absolute atomic E-state index is 12.3. The molecule has 2 aromatic heterocycles. The normalized spacial score (nSPS) is 18.7. The van der Waals surface area contributed by atoms with Crippen LogP contribution in [0.1, 0.15) is 63.8 Å². The first-order valence-corrected chi connectivity index (χ1v) is 10.1. The molecule has 1 aliphatic carbocycles. The van der Waals surface area contributed by atoms with Gasteiger partial charge in [0.2, 0.25) is 0 Å². The van der Waals surface area contributed by atoms with Gasteiger partial charge in [0, 0.05) is 37.0 Å². The van der Waals surface area contributed by atoms with Gasteiger partial charge in [0.05, 0.1) is 17.7 Å². The summed E-state index contributed by atoms with van der Waals surface area (Å²) in [6.45, 7) is 9.12. The lowest BCUT2D eigenvalue weighted by Gasteiger charge is -2.33. The van der Waals surface area contributed by atoms with Crippen LogP contribution >= 0.6 is 0 Å². The summed E-state index contributed by atoms with van der Waals surface area (Å²) < 4.78 is 1.78. The molecular weight excluding hydrogens is 338 g/mol. The third kappa shape index (κ3) is 4.20. The van der Waals surface area contributed by atoms with E-state index in [9.17, 15) is 4.79 Å². The van der Waals surface area contributed by atoms with Crippen LogP contribution in [0.5, 0.6) is 0 Å². The highest BCUT2D eigenvalue weighted by atomic mass is 16.1. The molecule has 0 radical (unpaired) electrons. The molecule has 1 saturated carbocycles. The molecule has 6 nitrogen and oxygen atoms in total. The molecule has 0 aromatic carbocycles. The first kappa shape index (κ1) is 18.1. The number of nitrogens with zero attached hydrogens (tertiary/aromatic N) is 5. The van der Waals surface area contributed by atoms with E-state index in [2.05, 4.69) is 53.0 Å². The van der Waals surface area contributed by atoms with Crippen molar-refractivity contribution < 1.29 is 0 Å². The van der Waals surface area contributed by atoms with Crippen molar-refractivity contribution in [3.8, 4) is 0 Å². The Bertz CT molecular complexity index is 840. The van der Waals surface area contributed by atoms with Gasteiger partial charge in [-0.1, -0.05) is 20.8 Å². The van der Waals surface area contributed by atoms with Gasteiger partial charge in [-0.3, -0.25) is 9.36 Å². The van der Waals surface area contributed by atoms with E-state index in [0.717, 1.165) is 49.7 Å². The molecular formula is C21H29N5O. The zero-order valence-electron chi connectivity index (χ0n) is 16.6. The number of piperidine rings is 1. The van der Waals surface area contributed by atoms with E-state index in [-0.39, 0.29) is 11.0 Å². The van der Waals surface area contributed by atoms with E-state index >= 15 is 0 Å². The lowest BCUT2D eigenvalue weighted by molar-refractivity contribution is 0.349. The molecule has 0 spiro atoms. The van der Waals surface area contributed by atoms with Crippen LogP contribution in [0.25, 0.3) is 0 Å². The topological polar surface area (TPSA) is 63.9 Å². The van der Waals surface area contributed by atoms with Gasteiger partial charge < -0.3 is 4.90 Å². The highest BCUT2D eigenvalue weighted by Crippen LogP contribution is 2.38. The summed E-state index contributed by atoms with van der Waals surface area (Å²) in [6, 6.07) is 5.90. The quantitative estimate of drug-likeness (QED) is 0.831. The van der Waals surface area contributed by atoms with Crippen LogP contribution in [0.4, 0.5) is 5.82 Å². The Kier molecular flexibility index (Phi) is 4.74. The minimum atomic E-state index is 0.0227. The zero-order valence-corrected chi connectivity index (χ0v) is 16.6. The molecule has 1 aliphatic heterocycles. The number of hydrogen-bond acceptors (Lipinski definition) is 5. The second-order valence-electron chi connectivity index (χ2n) is 9.04. The van der Waals surface area contributed by atoms with E-state index in [1.54, 1.807) is 17.0 Å². The predicted octanol–water partition coefficient (Wildman–Crippen LogP) is 3.12. The molecule has 27 heavy (non-hydrogen) atoms. The van der Waals surface area contributed by atoms with E-state index < -0.39 is 0 Å². The van der Waals surface area contributed by atoms with Crippen LogP contribution in [0, 0.1) is 5.92 Å². The van der Waals surface area contributed by atoms with Gasteiger partial charge in [0.15, 0.2) is 5.82 Å². The Balaban J connectivity index is 1.34. The van der Waals surface area contributed by atoms with E-state index in [1.165, 1.54) is 12.8 Å². The minimum Gasteiger partial charge on any atom is -0.355 e. The molecule has 1 saturated heterocycles. The molecule has 144 valence electrons. The molecule has 0 N–H and O–H groups in total. The highest BCUT2D eigenvalue weighted by molar-refractivity contribution is 5.38. The van der Waals surface area contributed by atoms with Gasteiger partial charge in [0.25, 0.3) is 5.56 Å². The lowest BCUT2D eigenvalue weighted by atomic mass is 9.92. The molecule has 0 amide bonds. The summed E-state index contributed by atoms with van der Waals surface area (Å²) in [5, 5.41) is 8.84. The van der Waals surface area contributed by atoms with Crippen LogP contribution in [0.15, 0.2) is 29.3 Å². The fourth-order valence-corrected chi connectivity index (χ4v) is 3.70. The smallest absolute Gasteiger partial charge is 0.253 e. The average molecular weight is 367 g/mol. The number of rotatable bonds is 4. The summed E-state index contributed by atoms with van der Waals surface area (Å²) in [4.78, 5) is 19.1. The minimum absolute atomic E-state index is 0.0227. The molecule has 0 atom stereocenters. The highest BCUT2D eigenvalue weighted by Gasteiger charge is 2.26. The predicted molar refractivity (Wildman–Crippen MR) is 106 cm³/mol. The van der Waals surface area contributed by atoms with E-state index in [0.29, 0.717) is 11.8 Å². The fourth-order valence-electron chi connectivity index (χ4n) is 3.70. The van der Waals surface area contributed by atoms with Crippen molar-refractivity contribution in [2.45, 2.75) is 64.3 Å². The van der Waals surface area contributed by atoms with Gasteiger partial charge >= 0.3 is 0 Å². The van der Waals surface area contributed by atoms with Gasteiger partial charge in [0.1, 0.15) is 0 Å². The Morgan fingerprint density at radius 2 is 1.81 bits per heavy atom. The van der Waals surface area contributed by atoms with Gasteiger partial charge in [-0.15, -0.1) is 5.10 Å². The van der Waals surface area contributed by atoms with Crippen LogP contribution in [-0.4, -0.2) is 32.8 Å². The van der Waals surface area contributed by atoms with Gasteiger partial charge in [-0.25, -0.2) is 4.98 Å². The maximum Gasteiger partial charge on any atom is 0.253 e. The third-order valence-electron chi connectivity index (χ3n) is 5.71. The summed E-state index contributed by atoms with van der Waals surface area (Å²) in [5.74, 6) is 1.99. The van der Waals surface area contributed by atoms with Gasteiger partial charge in [-0.05, 0) is 43.7 Å². The van der Waals surface area contributed by atoms with Crippen LogP contribution in [0.2, 0.25) is 0 Å². The molecule has 2 fully saturated rings. The molecule has 2 aliphatic rings. The van der Waals surface area contributed by atoms with Crippen molar-refractivity contribution in [1.82, 2.24) is 19.7 Å². The van der Waals surface area contributed by atoms with E-state index in [4.69, 9.17) is 0 Å². The fraction of sp³-hybridized carbons (Fsp3) is 0.619. The van der Waals surface area contributed by atoms with Crippen LogP contribution < -0.4 is 10.5 Å². The first-order chi connectivity index (χ1) is 12.9. The SMILES string of the molecule is CC(C)(C)c1ccc(N2CCC(Cn3cnc(C4CC4)cc3=O)CC2)nn1. The Morgan fingerprint density at radius 1 is 1.07 bits per heavy atom. The Hall–Kier alpha value is -2.24. The molecule has 0 unspecified atom stereocenters. The molecule has 2 aromatic rings. The first-order valence-electron chi connectivity index (χ1n) is 10.1. The zero-order chi connectivity index (χ0) is 19.0. The van der Waals surface area contributed by atoms with Gasteiger partial charge in [-0.2, -0.15) is 5.10 Å². The van der Waals surface area contributed by atoms with Crippen molar-refractivity contribution in [2.75, 3.05) is 18.0 Å². The van der Waals surface area contributed by atoms with Crippen molar-refractivity contribution >= 4 is 5.82 Å².